The first-order valence-corrected chi connectivity index (χ1v) is 5.77. The van der Waals surface area contributed by atoms with Crippen LogP contribution in [-0.4, -0.2) is 30.4 Å². The van der Waals surface area contributed by atoms with Gasteiger partial charge in [0.05, 0.1) is 23.9 Å². The number of carbonyl (C=O) groups excluding carboxylic acids is 1. The zero-order valence-corrected chi connectivity index (χ0v) is 10.7. The van der Waals surface area contributed by atoms with Crippen LogP contribution in [0.1, 0.15) is 10.5 Å². The van der Waals surface area contributed by atoms with Crippen molar-refractivity contribution in [2.24, 2.45) is 5.84 Å². The average molecular weight is 293 g/mol. The molecule has 3 N–H and O–H groups in total. The maximum atomic E-state index is 11.6. The van der Waals surface area contributed by atoms with Crippen LogP contribution in [0.2, 0.25) is 0 Å². The number of hydrazine groups is 1. The van der Waals surface area contributed by atoms with Gasteiger partial charge in [-0.05, 0) is 0 Å². The van der Waals surface area contributed by atoms with Gasteiger partial charge in [-0.3, -0.25) is 25.1 Å². The van der Waals surface area contributed by atoms with Gasteiger partial charge in [-0.1, -0.05) is 5.21 Å². The molecule has 11 heteroatoms. The van der Waals surface area contributed by atoms with Gasteiger partial charge in [0.15, 0.2) is 5.69 Å². The standard InChI is InChI=1S/C10H11N7O4/c11-12-10(19)8-6-16(14-13-8)4-3-15-5-7(17(20)21)1-2-9(15)18/h1-2,5-6H,3-4,11H2,(H,12,19). The summed E-state index contributed by atoms with van der Waals surface area (Å²) >= 11 is 0. The molecule has 2 aromatic heterocycles. The van der Waals surface area contributed by atoms with Crippen molar-refractivity contribution in [3.05, 3.63) is 50.7 Å². The number of amides is 1. The molecule has 0 aliphatic heterocycles. The summed E-state index contributed by atoms with van der Waals surface area (Å²) in [5.41, 5.74) is 1.39. The zero-order valence-electron chi connectivity index (χ0n) is 10.7. The molecule has 0 bridgehead atoms. The summed E-state index contributed by atoms with van der Waals surface area (Å²) in [5.74, 6) is 4.37. The average Bonchev–Trinajstić information content (AvgIpc) is 2.94. The minimum atomic E-state index is -0.589. The second kappa shape index (κ2) is 5.92. The first-order valence-electron chi connectivity index (χ1n) is 5.77. The minimum Gasteiger partial charge on any atom is -0.307 e. The molecular weight excluding hydrogens is 282 g/mol. The van der Waals surface area contributed by atoms with Crippen LogP contribution in [-0.2, 0) is 13.1 Å². The number of nitrogens with two attached hydrogens (primary N) is 1. The van der Waals surface area contributed by atoms with Crippen molar-refractivity contribution in [1.29, 1.82) is 0 Å². The summed E-state index contributed by atoms with van der Waals surface area (Å²) < 4.78 is 2.51. The fourth-order valence-electron chi connectivity index (χ4n) is 1.60. The Morgan fingerprint density at radius 2 is 2.14 bits per heavy atom. The Kier molecular flexibility index (Phi) is 4.04. The van der Waals surface area contributed by atoms with Crippen molar-refractivity contribution in [2.45, 2.75) is 13.1 Å². The van der Waals surface area contributed by atoms with Crippen molar-refractivity contribution in [3.8, 4) is 0 Å². The van der Waals surface area contributed by atoms with Crippen LogP contribution in [0.25, 0.3) is 0 Å². The largest absolute Gasteiger partial charge is 0.307 e. The fourth-order valence-corrected chi connectivity index (χ4v) is 1.60. The third kappa shape index (κ3) is 3.27. The number of rotatable bonds is 5. The van der Waals surface area contributed by atoms with E-state index in [4.69, 9.17) is 5.84 Å². The maximum absolute atomic E-state index is 11.6. The first-order chi connectivity index (χ1) is 10.0. The van der Waals surface area contributed by atoms with E-state index in [0.29, 0.717) is 0 Å². The molecular formula is C10H11N7O4. The molecule has 0 saturated heterocycles. The molecule has 21 heavy (non-hydrogen) atoms. The Hall–Kier alpha value is -3.08. The van der Waals surface area contributed by atoms with E-state index in [1.165, 1.54) is 15.4 Å². The molecule has 0 aliphatic carbocycles. The number of carbonyl (C=O) groups is 1. The van der Waals surface area contributed by atoms with Gasteiger partial charge in [-0.15, -0.1) is 5.10 Å². The highest BCUT2D eigenvalue weighted by atomic mass is 16.6. The number of aryl methyl sites for hydroxylation is 2. The number of nitrogens with zero attached hydrogens (tertiary/aromatic N) is 5. The molecule has 2 heterocycles. The molecule has 0 atom stereocenters. The minimum absolute atomic E-state index is 0.0314. The number of nitrogens with one attached hydrogen (secondary N) is 1. The van der Waals surface area contributed by atoms with Crippen LogP contribution in [0, 0.1) is 10.1 Å². The van der Waals surface area contributed by atoms with Crippen LogP contribution >= 0.6 is 0 Å². The summed E-state index contributed by atoms with van der Waals surface area (Å²) in [4.78, 5) is 32.9. The summed E-state index contributed by atoms with van der Waals surface area (Å²) in [5, 5.41) is 17.9. The molecule has 0 aliphatic rings. The number of nitro groups is 1. The lowest BCUT2D eigenvalue weighted by molar-refractivity contribution is -0.385. The maximum Gasteiger partial charge on any atom is 0.287 e. The quantitative estimate of drug-likeness (QED) is 0.299. The van der Waals surface area contributed by atoms with E-state index in [9.17, 15) is 19.7 Å². The SMILES string of the molecule is NNC(=O)c1cn(CCn2cc([N+](=O)[O-])ccc2=O)nn1. The van der Waals surface area contributed by atoms with E-state index in [1.54, 1.807) is 0 Å². The molecule has 0 saturated carbocycles. The molecule has 2 rings (SSSR count). The lowest BCUT2D eigenvalue weighted by Gasteiger charge is -2.04. The molecule has 2 aromatic rings. The van der Waals surface area contributed by atoms with Crippen molar-refractivity contribution in [1.82, 2.24) is 25.0 Å². The number of nitrogen functional groups attached to an aromatic ring is 1. The molecule has 1 amide bonds. The Balaban J connectivity index is 2.11. The number of hydrogen-bond donors (Lipinski definition) is 2. The van der Waals surface area contributed by atoms with Crippen molar-refractivity contribution >= 4 is 11.6 Å². The smallest absolute Gasteiger partial charge is 0.287 e. The highest BCUT2D eigenvalue weighted by Crippen LogP contribution is 2.06. The van der Waals surface area contributed by atoms with Crippen LogP contribution in [0.3, 0.4) is 0 Å². The van der Waals surface area contributed by atoms with Gasteiger partial charge in [-0.25, -0.2) is 10.5 Å². The monoisotopic (exact) mass is 293 g/mol. The van der Waals surface area contributed by atoms with E-state index in [0.717, 1.165) is 18.3 Å². The predicted octanol–water partition coefficient (Wildman–Crippen LogP) is -1.35. The van der Waals surface area contributed by atoms with Gasteiger partial charge in [0.1, 0.15) is 0 Å². The fraction of sp³-hybridized carbons (Fsp3) is 0.200. The molecule has 110 valence electrons. The Bertz CT molecular complexity index is 735. The van der Waals surface area contributed by atoms with Crippen LogP contribution in [0.5, 0.6) is 0 Å². The zero-order chi connectivity index (χ0) is 15.4. The predicted molar refractivity (Wildman–Crippen MR) is 69.0 cm³/mol. The van der Waals surface area contributed by atoms with E-state index >= 15 is 0 Å². The molecule has 11 nitrogen and oxygen atoms in total. The van der Waals surface area contributed by atoms with E-state index in [2.05, 4.69) is 10.3 Å². The second-order valence-electron chi connectivity index (χ2n) is 4.02. The van der Waals surface area contributed by atoms with Crippen LogP contribution < -0.4 is 16.8 Å². The normalized spacial score (nSPS) is 10.3. The summed E-state index contributed by atoms with van der Waals surface area (Å²) in [6.07, 6.45) is 2.50. The first kappa shape index (κ1) is 14.3. The van der Waals surface area contributed by atoms with Gasteiger partial charge in [0.25, 0.3) is 17.2 Å². The van der Waals surface area contributed by atoms with Gasteiger partial charge in [-0.2, -0.15) is 0 Å². The van der Waals surface area contributed by atoms with Crippen LogP contribution in [0.15, 0.2) is 29.3 Å². The summed E-state index contributed by atoms with van der Waals surface area (Å²) in [6, 6.07) is 2.25. The lowest BCUT2D eigenvalue weighted by Crippen LogP contribution is -2.30. The molecule has 0 aromatic carbocycles. The Labute approximate surface area is 117 Å². The summed E-state index contributed by atoms with van der Waals surface area (Å²) in [7, 11) is 0. The van der Waals surface area contributed by atoms with Crippen molar-refractivity contribution in [2.75, 3.05) is 0 Å². The third-order valence-electron chi connectivity index (χ3n) is 2.65. The van der Waals surface area contributed by atoms with Gasteiger partial charge >= 0.3 is 0 Å². The van der Waals surface area contributed by atoms with E-state index in [-0.39, 0.29) is 30.0 Å². The number of hydrogen-bond acceptors (Lipinski definition) is 7. The summed E-state index contributed by atoms with van der Waals surface area (Å²) in [6.45, 7) is 0.361. The van der Waals surface area contributed by atoms with Crippen molar-refractivity contribution in [3.63, 3.8) is 0 Å². The highest BCUT2D eigenvalue weighted by Gasteiger charge is 2.10. The number of pyridine rings is 1. The molecule has 0 fully saturated rings. The topological polar surface area (TPSA) is 151 Å². The van der Waals surface area contributed by atoms with Gasteiger partial charge < -0.3 is 4.57 Å². The third-order valence-corrected chi connectivity index (χ3v) is 2.65. The second-order valence-corrected chi connectivity index (χ2v) is 4.02. The Morgan fingerprint density at radius 1 is 1.38 bits per heavy atom. The van der Waals surface area contributed by atoms with Crippen LogP contribution in [0.4, 0.5) is 5.69 Å². The van der Waals surface area contributed by atoms with E-state index < -0.39 is 10.8 Å². The molecule has 0 spiro atoms. The molecule has 0 radical (unpaired) electrons. The Morgan fingerprint density at radius 3 is 2.81 bits per heavy atom. The lowest BCUT2D eigenvalue weighted by atomic mass is 10.4. The number of aromatic nitrogens is 4. The van der Waals surface area contributed by atoms with E-state index in [1.807, 2.05) is 5.43 Å². The van der Waals surface area contributed by atoms with Gasteiger partial charge in [0.2, 0.25) is 0 Å². The molecule has 0 unspecified atom stereocenters. The van der Waals surface area contributed by atoms with Gasteiger partial charge in [0, 0.05) is 18.7 Å². The highest BCUT2D eigenvalue weighted by molar-refractivity contribution is 5.91. The van der Waals surface area contributed by atoms with Crippen molar-refractivity contribution < 1.29 is 9.72 Å².